The standard InChI is InChI=1S/C16H17NO2/c1-11(2)13-6-4-7-14(10-13)15-8-5-9-16(12(15)3)17(18)19/h4-11H,1-3H3. The Morgan fingerprint density at radius 3 is 2.42 bits per heavy atom. The topological polar surface area (TPSA) is 43.1 Å². The summed E-state index contributed by atoms with van der Waals surface area (Å²) in [5, 5.41) is 11.0. The van der Waals surface area contributed by atoms with Gasteiger partial charge in [0.15, 0.2) is 0 Å². The van der Waals surface area contributed by atoms with Gasteiger partial charge in [-0.25, -0.2) is 0 Å². The van der Waals surface area contributed by atoms with Gasteiger partial charge in [0.2, 0.25) is 0 Å². The molecule has 0 saturated carbocycles. The summed E-state index contributed by atoms with van der Waals surface area (Å²) in [7, 11) is 0. The summed E-state index contributed by atoms with van der Waals surface area (Å²) in [6, 6.07) is 13.4. The predicted octanol–water partition coefficient (Wildman–Crippen LogP) is 4.69. The average molecular weight is 255 g/mol. The molecule has 3 heteroatoms. The lowest BCUT2D eigenvalue weighted by Gasteiger charge is -2.10. The van der Waals surface area contributed by atoms with Crippen molar-refractivity contribution in [2.24, 2.45) is 0 Å². The molecule has 0 radical (unpaired) electrons. The lowest BCUT2D eigenvalue weighted by atomic mass is 9.94. The smallest absolute Gasteiger partial charge is 0.258 e. The van der Waals surface area contributed by atoms with Crippen molar-refractivity contribution in [3.05, 3.63) is 63.7 Å². The maximum absolute atomic E-state index is 11.0. The minimum atomic E-state index is -0.328. The molecule has 0 aliphatic heterocycles. The van der Waals surface area contributed by atoms with E-state index in [0.29, 0.717) is 11.5 Å². The number of hydrogen-bond donors (Lipinski definition) is 0. The molecule has 0 atom stereocenters. The zero-order chi connectivity index (χ0) is 14.0. The maximum atomic E-state index is 11.0. The molecule has 0 unspecified atom stereocenters. The Bertz CT molecular complexity index is 618. The van der Waals surface area contributed by atoms with Crippen molar-refractivity contribution in [1.29, 1.82) is 0 Å². The Balaban J connectivity index is 2.56. The van der Waals surface area contributed by atoms with E-state index in [4.69, 9.17) is 0 Å². The Hall–Kier alpha value is -2.16. The van der Waals surface area contributed by atoms with Crippen molar-refractivity contribution in [3.8, 4) is 11.1 Å². The van der Waals surface area contributed by atoms with Crippen LogP contribution in [0.2, 0.25) is 0 Å². The molecule has 98 valence electrons. The van der Waals surface area contributed by atoms with Crippen molar-refractivity contribution in [3.63, 3.8) is 0 Å². The normalized spacial score (nSPS) is 10.7. The van der Waals surface area contributed by atoms with Gasteiger partial charge in [-0.3, -0.25) is 10.1 Å². The second kappa shape index (κ2) is 5.22. The molecule has 0 aliphatic rings. The van der Waals surface area contributed by atoms with Crippen LogP contribution >= 0.6 is 0 Å². The fraction of sp³-hybridized carbons (Fsp3) is 0.250. The number of hydrogen-bond acceptors (Lipinski definition) is 2. The Kier molecular flexibility index (Phi) is 3.65. The first-order chi connectivity index (χ1) is 9.00. The predicted molar refractivity (Wildman–Crippen MR) is 77.4 cm³/mol. The minimum Gasteiger partial charge on any atom is -0.258 e. The van der Waals surface area contributed by atoms with Crippen molar-refractivity contribution >= 4 is 5.69 Å². The molecular weight excluding hydrogens is 238 g/mol. The van der Waals surface area contributed by atoms with Gasteiger partial charge < -0.3 is 0 Å². The highest BCUT2D eigenvalue weighted by atomic mass is 16.6. The van der Waals surface area contributed by atoms with Crippen molar-refractivity contribution in [2.75, 3.05) is 0 Å². The lowest BCUT2D eigenvalue weighted by molar-refractivity contribution is -0.385. The van der Waals surface area contributed by atoms with E-state index < -0.39 is 0 Å². The van der Waals surface area contributed by atoms with Gasteiger partial charge in [0, 0.05) is 11.6 Å². The van der Waals surface area contributed by atoms with Crippen LogP contribution in [0, 0.1) is 17.0 Å². The summed E-state index contributed by atoms with van der Waals surface area (Å²) in [6.07, 6.45) is 0. The van der Waals surface area contributed by atoms with Gasteiger partial charge in [0.1, 0.15) is 0 Å². The summed E-state index contributed by atoms with van der Waals surface area (Å²) in [5.74, 6) is 0.443. The van der Waals surface area contributed by atoms with Crippen LogP contribution in [0.25, 0.3) is 11.1 Å². The van der Waals surface area contributed by atoms with Gasteiger partial charge in [-0.1, -0.05) is 50.2 Å². The van der Waals surface area contributed by atoms with Crippen molar-refractivity contribution in [2.45, 2.75) is 26.7 Å². The van der Waals surface area contributed by atoms with Crippen molar-refractivity contribution < 1.29 is 4.92 Å². The first kappa shape index (κ1) is 13.3. The number of rotatable bonds is 3. The third kappa shape index (κ3) is 2.65. The van der Waals surface area contributed by atoms with E-state index in [0.717, 1.165) is 11.1 Å². The molecule has 19 heavy (non-hydrogen) atoms. The summed E-state index contributed by atoms with van der Waals surface area (Å²) < 4.78 is 0. The molecule has 0 bridgehead atoms. The molecule has 2 rings (SSSR count). The van der Waals surface area contributed by atoms with Crippen LogP contribution in [0.15, 0.2) is 42.5 Å². The van der Waals surface area contributed by atoms with E-state index in [2.05, 4.69) is 26.0 Å². The number of nitro groups is 1. The van der Waals surface area contributed by atoms with Crippen LogP contribution < -0.4 is 0 Å². The first-order valence-corrected chi connectivity index (χ1v) is 6.35. The molecule has 0 fully saturated rings. The van der Waals surface area contributed by atoms with E-state index in [-0.39, 0.29) is 10.6 Å². The molecule has 3 nitrogen and oxygen atoms in total. The highest BCUT2D eigenvalue weighted by Gasteiger charge is 2.14. The van der Waals surface area contributed by atoms with E-state index in [1.807, 2.05) is 18.2 Å². The number of nitro benzene ring substituents is 1. The quantitative estimate of drug-likeness (QED) is 0.589. The summed E-state index contributed by atoms with van der Waals surface area (Å²) >= 11 is 0. The summed E-state index contributed by atoms with van der Waals surface area (Å²) in [5.41, 5.74) is 4.09. The Morgan fingerprint density at radius 1 is 1.11 bits per heavy atom. The van der Waals surface area contributed by atoms with Gasteiger partial charge in [0.25, 0.3) is 5.69 Å². The van der Waals surface area contributed by atoms with Crippen LogP contribution in [0.4, 0.5) is 5.69 Å². The maximum Gasteiger partial charge on any atom is 0.272 e. The molecule has 0 heterocycles. The summed E-state index contributed by atoms with van der Waals surface area (Å²) in [6.45, 7) is 6.08. The van der Waals surface area contributed by atoms with Crippen LogP contribution in [-0.4, -0.2) is 4.92 Å². The van der Waals surface area contributed by atoms with Gasteiger partial charge in [-0.05, 0) is 29.5 Å². The molecule has 0 aromatic heterocycles. The highest BCUT2D eigenvalue weighted by Crippen LogP contribution is 2.31. The molecular formula is C16H17NO2. The molecule has 2 aromatic carbocycles. The fourth-order valence-corrected chi connectivity index (χ4v) is 2.20. The van der Waals surface area contributed by atoms with E-state index in [1.54, 1.807) is 19.1 Å². The Labute approximate surface area is 113 Å². The van der Waals surface area contributed by atoms with E-state index in [9.17, 15) is 10.1 Å². The number of nitrogens with zero attached hydrogens (tertiary/aromatic N) is 1. The lowest BCUT2D eigenvalue weighted by Crippen LogP contribution is -1.94. The SMILES string of the molecule is Cc1c(-c2cccc(C(C)C)c2)cccc1[N+](=O)[O-]. The summed E-state index contributed by atoms with van der Waals surface area (Å²) in [4.78, 5) is 10.7. The molecule has 0 aliphatic carbocycles. The van der Waals surface area contributed by atoms with Gasteiger partial charge in [0.05, 0.1) is 4.92 Å². The zero-order valence-corrected chi connectivity index (χ0v) is 11.4. The highest BCUT2D eigenvalue weighted by molar-refractivity contribution is 5.71. The Morgan fingerprint density at radius 2 is 1.79 bits per heavy atom. The monoisotopic (exact) mass is 255 g/mol. The third-order valence-electron chi connectivity index (χ3n) is 3.37. The van der Waals surface area contributed by atoms with Gasteiger partial charge in [-0.15, -0.1) is 0 Å². The second-order valence-corrected chi connectivity index (χ2v) is 4.99. The minimum absolute atomic E-state index is 0.174. The fourth-order valence-electron chi connectivity index (χ4n) is 2.20. The van der Waals surface area contributed by atoms with Gasteiger partial charge >= 0.3 is 0 Å². The average Bonchev–Trinajstić information content (AvgIpc) is 2.38. The molecule has 0 N–H and O–H groups in total. The second-order valence-electron chi connectivity index (χ2n) is 4.99. The zero-order valence-electron chi connectivity index (χ0n) is 11.4. The molecule has 0 saturated heterocycles. The molecule has 2 aromatic rings. The molecule has 0 amide bonds. The van der Waals surface area contributed by atoms with Crippen LogP contribution in [0.5, 0.6) is 0 Å². The number of benzene rings is 2. The molecule has 0 spiro atoms. The van der Waals surface area contributed by atoms with E-state index in [1.165, 1.54) is 5.56 Å². The van der Waals surface area contributed by atoms with E-state index >= 15 is 0 Å². The van der Waals surface area contributed by atoms with Crippen LogP contribution in [-0.2, 0) is 0 Å². The van der Waals surface area contributed by atoms with Crippen LogP contribution in [0.3, 0.4) is 0 Å². The van der Waals surface area contributed by atoms with Crippen molar-refractivity contribution in [1.82, 2.24) is 0 Å². The van der Waals surface area contributed by atoms with Crippen LogP contribution in [0.1, 0.15) is 30.9 Å². The third-order valence-corrected chi connectivity index (χ3v) is 3.37. The largest absolute Gasteiger partial charge is 0.272 e. The first-order valence-electron chi connectivity index (χ1n) is 6.35. The van der Waals surface area contributed by atoms with Gasteiger partial charge in [-0.2, -0.15) is 0 Å².